The zero-order valence-electron chi connectivity index (χ0n) is 13.0. The summed E-state index contributed by atoms with van der Waals surface area (Å²) in [6.07, 6.45) is 14.5. The molecule has 0 aliphatic heterocycles. The van der Waals surface area contributed by atoms with Crippen molar-refractivity contribution in [2.45, 2.75) is 77.8 Å². The van der Waals surface area contributed by atoms with Crippen molar-refractivity contribution >= 4 is 0 Å². The first-order valence-electron chi connectivity index (χ1n) is 7.99. The average Bonchev–Trinajstić information content (AvgIpc) is 2.88. The molecule has 0 aromatic carbocycles. The fourth-order valence-electron chi connectivity index (χ4n) is 2.56. The summed E-state index contributed by atoms with van der Waals surface area (Å²) in [5.41, 5.74) is 0. The van der Waals surface area contributed by atoms with Crippen molar-refractivity contribution in [1.29, 1.82) is 0 Å². The van der Waals surface area contributed by atoms with E-state index in [9.17, 15) is 0 Å². The van der Waals surface area contributed by atoms with Crippen molar-refractivity contribution < 1.29 is 0 Å². The lowest BCUT2D eigenvalue weighted by atomic mass is 10.0. The summed E-state index contributed by atoms with van der Waals surface area (Å²) >= 11 is 0. The Hall–Kier alpha value is -0.830. The highest BCUT2D eigenvalue weighted by atomic mass is 15.1. The molecule has 0 aliphatic carbocycles. The molecule has 19 heavy (non-hydrogen) atoms. The van der Waals surface area contributed by atoms with Gasteiger partial charge < -0.3 is 9.88 Å². The van der Waals surface area contributed by atoms with Crippen LogP contribution in [0.5, 0.6) is 0 Å². The molecule has 0 saturated carbocycles. The first kappa shape index (κ1) is 16.2. The number of rotatable bonds is 11. The van der Waals surface area contributed by atoms with Gasteiger partial charge in [0.1, 0.15) is 5.82 Å². The number of unbranched alkanes of at least 4 members (excludes halogenated alkanes) is 5. The Labute approximate surface area is 118 Å². The summed E-state index contributed by atoms with van der Waals surface area (Å²) in [5, 5.41) is 3.44. The number of aryl methyl sites for hydroxylation is 1. The molecule has 0 bridgehead atoms. The maximum Gasteiger partial charge on any atom is 0.110 e. The Morgan fingerprint density at radius 2 is 1.89 bits per heavy atom. The smallest absolute Gasteiger partial charge is 0.110 e. The fourth-order valence-corrected chi connectivity index (χ4v) is 2.56. The Bertz CT molecular complexity index is 320. The molecule has 1 unspecified atom stereocenters. The molecular weight excluding hydrogens is 234 g/mol. The second kappa shape index (κ2) is 10.0. The lowest BCUT2D eigenvalue weighted by Crippen LogP contribution is -2.28. The van der Waals surface area contributed by atoms with Crippen LogP contribution in [0.15, 0.2) is 12.4 Å². The van der Waals surface area contributed by atoms with Crippen LogP contribution in [-0.2, 0) is 13.0 Å². The van der Waals surface area contributed by atoms with Crippen molar-refractivity contribution in [2.24, 2.45) is 0 Å². The van der Waals surface area contributed by atoms with Crippen molar-refractivity contribution in [1.82, 2.24) is 14.9 Å². The standard InChI is InChI=1S/C16H31N3/c1-4-6-7-8-9-10-11-15(17-3)14-16-18-12-13-19(16)5-2/h12-13,15,17H,4-11,14H2,1-3H3. The molecule has 0 fully saturated rings. The number of imidazole rings is 1. The normalized spacial score (nSPS) is 12.8. The van der Waals surface area contributed by atoms with Gasteiger partial charge in [0.15, 0.2) is 0 Å². The SMILES string of the molecule is CCCCCCCCC(Cc1nccn1CC)NC. The molecular formula is C16H31N3. The Balaban J connectivity index is 2.22. The van der Waals surface area contributed by atoms with Crippen LogP contribution in [0.25, 0.3) is 0 Å². The summed E-state index contributed by atoms with van der Waals surface area (Å²) < 4.78 is 2.24. The lowest BCUT2D eigenvalue weighted by molar-refractivity contribution is 0.465. The third-order valence-electron chi connectivity index (χ3n) is 3.89. The van der Waals surface area contributed by atoms with Crippen molar-refractivity contribution in [3.8, 4) is 0 Å². The Morgan fingerprint density at radius 3 is 2.58 bits per heavy atom. The van der Waals surface area contributed by atoms with Gasteiger partial charge in [-0.3, -0.25) is 0 Å². The molecule has 0 aliphatic rings. The molecule has 0 amide bonds. The van der Waals surface area contributed by atoms with Gasteiger partial charge in [-0.05, 0) is 20.4 Å². The summed E-state index contributed by atoms with van der Waals surface area (Å²) in [7, 11) is 2.07. The molecule has 110 valence electrons. The molecule has 1 atom stereocenters. The number of hydrogen-bond acceptors (Lipinski definition) is 2. The molecule has 3 heteroatoms. The topological polar surface area (TPSA) is 29.9 Å². The number of nitrogens with one attached hydrogen (secondary N) is 1. The van der Waals surface area contributed by atoms with Crippen LogP contribution in [0.2, 0.25) is 0 Å². The number of nitrogens with zero attached hydrogens (tertiary/aromatic N) is 2. The van der Waals surface area contributed by atoms with E-state index in [4.69, 9.17) is 0 Å². The summed E-state index contributed by atoms with van der Waals surface area (Å²) in [5.74, 6) is 1.22. The van der Waals surface area contributed by atoms with Gasteiger partial charge in [-0.2, -0.15) is 0 Å². The van der Waals surface area contributed by atoms with Crippen molar-refractivity contribution in [3.63, 3.8) is 0 Å². The van der Waals surface area contributed by atoms with Crippen LogP contribution >= 0.6 is 0 Å². The van der Waals surface area contributed by atoms with Crippen LogP contribution in [-0.4, -0.2) is 22.6 Å². The Morgan fingerprint density at radius 1 is 1.16 bits per heavy atom. The Kier molecular flexibility index (Phi) is 8.55. The number of hydrogen-bond donors (Lipinski definition) is 1. The van der Waals surface area contributed by atoms with Crippen LogP contribution in [0.3, 0.4) is 0 Å². The van der Waals surface area contributed by atoms with E-state index in [-0.39, 0.29) is 0 Å². The van der Waals surface area contributed by atoms with E-state index < -0.39 is 0 Å². The average molecular weight is 265 g/mol. The minimum atomic E-state index is 0.568. The van der Waals surface area contributed by atoms with Crippen molar-refractivity contribution in [2.75, 3.05) is 7.05 Å². The predicted octanol–water partition coefficient (Wildman–Crippen LogP) is 3.78. The zero-order valence-corrected chi connectivity index (χ0v) is 13.0. The zero-order chi connectivity index (χ0) is 13.9. The van der Waals surface area contributed by atoms with E-state index in [0.717, 1.165) is 13.0 Å². The van der Waals surface area contributed by atoms with E-state index in [0.29, 0.717) is 6.04 Å². The molecule has 1 aromatic heterocycles. The second-order valence-corrected chi connectivity index (χ2v) is 5.38. The molecule has 1 heterocycles. The van der Waals surface area contributed by atoms with Crippen LogP contribution < -0.4 is 5.32 Å². The van der Waals surface area contributed by atoms with Gasteiger partial charge in [0, 0.05) is 31.4 Å². The molecule has 1 N–H and O–H groups in total. The molecule has 1 aromatic rings. The number of likely N-dealkylation sites (N-methyl/N-ethyl adjacent to an activating group) is 1. The van der Waals surface area contributed by atoms with Crippen molar-refractivity contribution in [3.05, 3.63) is 18.2 Å². The number of aromatic nitrogens is 2. The quantitative estimate of drug-likeness (QED) is 0.617. The predicted molar refractivity (Wildman–Crippen MR) is 82.4 cm³/mol. The minimum Gasteiger partial charge on any atom is -0.335 e. The highest BCUT2D eigenvalue weighted by molar-refractivity contribution is 4.95. The van der Waals surface area contributed by atoms with E-state index in [1.165, 1.54) is 50.8 Å². The van der Waals surface area contributed by atoms with Gasteiger partial charge in [-0.25, -0.2) is 4.98 Å². The fraction of sp³-hybridized carbons (Fsp3) is 0.812. The molecule has 0 spiro atoms. The first-order chi connectivity index (χ1) is 9.31. The first-order valence-corrected chi connectivity index (χ1v) is 7.99. The van der Waals surface area contributed by atoms with Gasteiger partial charge in [-0.15, -0.1) is 0 Å². The van der Waals surface area contributed by atoms with Crippen LogP contribution in [0.1, 0.15) is 64.6 Å². The van der Waals surface area contributed by atoms with Crippen LogP contribution in [0.4, 0.5) is 0 Å². The summed E-state index contributed by atoms with van der Waals surface area (Å²) in [4.78, 5) is 4.47. The third kappa shape index (κ3) is 6.24. The van der Waals surface area contributed by atoms with Gasteiger partial charge in [0.25, 0.3) is 0 Å². The van der Waals surface area contributed by atoms with Gasteiger partial charge in [-0.1, -0.05) is 45.4 Å². The maximum atomic E-state index is 4.47. The lowest BCUT2D eigenvalue weighted by Gasteiger charge is -2.16. The van der Waals surface area contributed by atoms with E-state index in [1.807, 2.05) is 6.20 Å². The molecule has 0 radical (unpaired) electrons. The van der Waals surface area contributed by atoms with E-state index in [1.54, 1.807) is 0 Å². The molecule has 1 rings (SSSR count). The monoisotopic (exact) mass is 265 g/mol. The third-order valence-corrected chi connectivity index (χ3v) is 3.89. The largest absolute Gasteiger partial charge is 0.335 e. The van der Waals surface area contributed by atoms with E-state index >= 15 is 0 Å². The highest BCUT2D eigenvalue weighted by Crippen LogP contribution is 2.11. The summed E-state index contributed by atoms with van der Waals surface area (Å²) in [6.45, 7) is 5.46. The van der Waals surface area contributed by atoms with Crippen LogP contribution in [0, 0.1) is 0 Å². The summed E-state index contributed by atoms with van der Waals surface area (Å²) in [6, 6.07) is 0.568. The molecule has 0 saturated heterocycles. The minimum absolute atomic E-state index is 0.568. The van der Waals surface area contributed by atoms with Gasteiger partial charge in [0.05, 0.1) is 0 Å². The second-order valence-electron chi connectivity index (χ2n) is 5.38. The maximum absolute atomic E-state index is 4.47. The highest BCUT2D eigenvalue weighted by Gasteiger charge is 2.10. The molecule has 3 nitrogen and oxygen atoms in total. The van der Waals surface area contributed by atoms with Gasteiger partial charge >= 0.3 is 0 Å². The van der Waals surface area contributed by atoms with E-state index in [2.05, 4.69) is 42.0 Å². The van der Waals surface area contributed by atoms with Gasteiger partial charge in [0.2, 0.25) is 0 Å².